The average Bonchev–Trinajstić information content (AvgIpc) is 3.16. The fraction of sp³-hybridized carbons (Fsp3) is 0.0800. The summed E-state index contributed by atoms with van der Waals surface area (Å²) >= 11 is 0. The first kappa shape index (κ1) is 26.5. The number of carbonyl (C=O) groups excluding carboxylic acids is 2. The van der Waals surface area contributed by atoms with Crippen molar-refractivity contribution >= 4 is 41.0 Å². The van der Waals surface area contributed by atoms with Gasteiger partial charge in [0.05, 0.1) is 28.4 Å². The summed E-state index contributed by atoms with van der Waals surface area (Å²) in [7, 11) is 0. The number of hydrogen-bond donors (Lipinski definition) is 3. The van der Waals surface area contributed by atoms with Crippen molar-refractivity contribution < 1.29 is 23.3 Å². The van der Waals surface area contributed by atoms with Gasteiger partial charge in [-0.15, -0.1) is 0 Å². The summed E-state index contributed by atoms with van der Waals surface area (Å²) in [6.45, 7) is -0.820. The van der Waals surface area contributed by atoms with Gasteiger partial charge in [0, 0.05) is 12.1 Å². The number of nitro groups is 1. The molecule has 0 spiro atoms. The van der Waals surface area contributed by atoms with Crippen molar-refractivity contribution in [1.29, 1.82) is 5.41 Å². The van der Waals surface area contributed by atoms with Crippen LogP contribution in [0.15, 0.2) is 76.9 Å². The second kappa shape index (κ2) is 11.7. The van der Waals surface area contributed by atoms with Crippen LogP contribution in [0, 0.1) is 27.2 Å². The van der Waals surface area contributed by atoms with Crippen molar-refractivity contribution in [2.45, 2.75) is 13.1 Å². The third-order valence-corrected chi connectivity index (χ3v) is 5.41. The predicted octanol–water partition coefficient (Wildman–Crippen LogP) is 2.41. The normalized spacial score (nSPS) is 11.3. The summed E-state index contributed by atoms with van der Waals surface area (Å²) in [5, 5.41) is 27.5. The van der Waals surface area contributed by atoms with Crippen LogP contribution < -0.4 is 16.5 Å². The van der Waals surface area contributed by atoms with E-state index in [1.54, 1.807) is 0 Å². The van der Waals surface area contributed by atoms with Crippen LogP contribution in [0.5, 0.6) is 0 Å². The first-order valence-corrected chi connectivity index (χ1v) is 11.3. The van der Waals surface area contributed by atoms with Crippen LogP contribution in [-0.4, -0.2) is 38.3 Å². The van der Waals surface area contributed by atoms with Gasteiger partial charge in [-0.25, -0.2) is 19.6 Å². The van der Waals surface area contributed by atoms with E-state index in [0.717, 1.165) is 0 Å². The Labute approximate surface area is 218 Å². The summed E-state index contributed by atoms with van der Waals surface area (Å²) in [5.74, 6) is -2.10. The molecular weight excluding hydrogens is 514 g/mol. The number of hydrogen-bond acceptors (Lipinski definition) is 7. The van der Waals surface area contributed by atoms with Crippen molar-refractivity contribution in [2.24, 2.45) is 10.2 Å². The number of imidazole rings is 1. The van der Waals surface area contributed by atoms with Crippen molar-refractivity contribution in [3.8, 4) is 0 Å². The van der Waals surface area contributed by atoms with Crippen LogP contribution in [0.25, 0.3) is 11.0 Å². The minimum Gasteiger partial charge on any atom is -0.301 e. The third kappa shape index (κ3) is 6.62. The Morgan fingerprint density at radius 3 is 1.74 bits per heavy atom. The molecule has 1 aromatic heterocycles. The molecule has 198 valence electrons. The largest absolute Gasteiger partial charge is 0.301 e. The van der Waals surface area contributed by atoms with Crippen LogP contribution in [0.4, 0.5) is 14.5 Å². The molecule has 0 aliphatic heterocycles. The lowest BCUT2D eigenvalue weighted by Gasteiger charge is -2.04. The maximum Gasteiger partial charge on any atom is 0.271 e. The quantitative estimate of drug-likeness (QED) is 0.171. The van der Waals surface area contributed by atoms with Gasteiger partial charge in [-0.2, -0.15) is 10.2 Å². The molecule has 0 bridgehead atoms. The Morgan fingerprint density at radius 1 is 0.821 bits per heavy atom. The Hall–Kier alpha value is -5.53. The van der Waals surface area contributed by atoms with Crippen LogP contribution in [-0.2, 0) is 22.7 Å². The molecule has 0 saturated heterocycles. The number of amides is 2. The molecule has 3 N–H and O–H groups in total. The fourth-order valence-corrected chi connectivity index (χ4v) is 3.58. The van der Waals surface area contributed by atoms with E-state index in [-0.39, 0.29) is 23.4 Å². The summed E-state index contributed by atoms with van der Waals surface area (Å²) < 4.78 is 28.5. The van der Waals surface area contributed by atoms with Crippen molar-refractivity contribution in [1.82, 2.24) is 20.0 Å². The molecule has 0 unspecified atom stereocenters. The monoisotopic (exact) mass is 534 g/mol. The lowest BCUT2D eigenvalue weighted by molar-refractivity contribution is -0.384. The molecule has 0 aliphatic rings. The number of hydrazone groups is 2. The molecule has 12 nitrogen and oxygen atoms in total. The minimum atomic E-state index is -0.647. The van der Waals surface area contributed by atoms with E-state index in [1.165, 1.54) is 88.3 Å². The summed E-state index contributed by atoms with van der Waals surface area (Å²) in [4.78, 5) is 35.8. The number of carbonyl (C=O) groups is 2. The Bertz CT molecular complexity index is 1660. The Kier molecular flexibility index (Phi) is 7.95. The highest BCUT2D eigenvalue weighted by Crippen LogP contribution is 2.20. The van der Waals surface area contributed by atoms with Crippen LogP contribution in [0.1, 0.15) is 11.1 Å². The molecule has 0 radical (unpaired) electrons. The number of halogens is 2. The number of rotatable bonds is 9. The molecule has 2 amide bonds. The number of nitrogens with zero attached hydrogens (tertiary/aromatic N) is 5. The zero-order valence-corrected chi connectivity index (χ0v) is 20.0. The summed E-state index contributed by atoms with van der Waals surface area (Å²) in [6.07, 6.45) is 2.61. The number of benzene rings is 3. The zero-order valence-electron chi connectivity index (χ0n) is 20.0. The van der Waals surface area contributed by atoms with E-state index < -0.39 is 34.9 Å². The number of aromatic nitrogens is 2. The van der Waals surface area contributed by atoms with Gasteiger partial charge >= 0.3 is 0 Å². The van der Waals surface area contributed by atoms with Crippen LogP contribution in [0.3, 0.4) is 0 Å². The smallest absolute Gasteiger partial charge is 0.271 e. The SMILES string of the molecule is N=c1n(CC(=O)N/N=C/c2ccc(F)cc2)c2ccc([N+](=O)[O-])cc2n1CC(=O)N/N=C/c1ccc(F)cc1. The molecule has 14 heteroatoms. The molecular formula is C25H20F2N8O4. The lowest BCUT2D eigenvalue weighted by Crippen LogP contribution is -2.34. The molecule has 4 aromatic rings. The van der Waals surface area contributed by atoms with E-state index >= 15 is 0 Å². The van der Waals surface area contributed by atoms with Crippen LogP contribution >= 0.6 is 0 Å². The van der Waals surface area contributed by atoms with Gasteiger partial charge < -0.3 is 9.13 Å². The highest BCUT2D eigenvalue weighted by Gasteiger charge is 2.18. The number of non-ortho nitro benzene ring substituents is 1. The highest BCUT2D eigenvalue weighted by atomic mass is 19.1. The predicted molar refractivity (Wildman–Crippen MR) is 137 cm³/mol. The first-order valence-electron chi connectivity index (χ1n) is 11.3. The zero-order chi connectivity index (χ0) is 27.9. The average molecular weight is 534 g/mol. The van der Waals surface area contributed by atoms with Crippen LogP contribution in [0.2, 0.25) is 0 Å². The standard InChI is InChI=1S/C25H20F2N8O4/c26-18-5-1-16(2-6-18)12-29-31-23(36)14-33-21-10-9-20(35(38)39)11-22(21)34(25(33)28)15-24(37)32-30-13-17-3-7-19(27)8-4-17/h1-13,28H,14-15H2,(H,31,36)(H,32,37)/b28-25?,29-12+,30-13+. The topological polar surface area (TPSA) is 160 Å². The molecule has 4 rings (SSSR count). The van der Waals surface area contributed by atoms with E-state index in [4.69, 9.17) is 5.41 Å². The van der Waals surface area contributed by atoms with Gasteiger partial charge in [0.15, 0.2) is 0 Å². The van der Waals surface area contributed by atoms with Gasteiger partial charge in [0.2, 0.25) is 5.62 Å². The van der Waals surface area contributed by atoms with E-state index in [0.29, 0.717) is 16.6 Å². The van der Waals surface area contributed by atoms with Crippen molar-refractivity contribution in [2.75, 3.05) is 0 Å². The molecule has 39 heavy (non-hydrogen) atoms. The summed E-state index contributed by atoms with van der Waals surface area (Å²) in [6, 6.07) is 14.6. The number of fused-ring (bicyclic) bond motifs is 1. The van der Waals surface area contributed by atoms with Gasteiger partial charge in [-0.3, -0.25) is 25.1 Å². The number of nitrogens with one attached hydrogen (secondary N) is 3. The third-order valence-electron chi connectivity index (χ3n) is 5.41. The molecule has 0 fully saturated rings. The molecule has 0 atom stereocenters. The van der Waals surface area contributed by atoms with E-state index in [1.807, 2.05) is 0 Å². The molecule has 1 heterocycles. The second-order valence-electron chi connectivity index (χ2n) is 8.12. The molecule has 0 saturated carbocycles. The second-order valence-corrected chi connectivity index (χ2v) is 8.12. The van der Waals surface area contributed by atoms with E-state index in [9.17, 15) is 28.5 Å². The highest BCUT2D eigenvalue weighted by molar-refractivity contribution is 5.86. The number of nitro benzene ring substituents is 1. The Morgan fingerprint density at radius 2 is 1.28 bits per heavy atom. The van der Waals surface area contributed by atoms with Crippen molar-refractivity contribution in [3.05, 3.63) is 105 Å². The van der Waals surface area contributed by atoms with Crippen molar-refractivity contribution in [3.63, 3.8) is 0 Å². The van der Waals surface area contributed by atoms with E-state index in [2.05, 4.69) is 21.1 Å². The Balaban J connectivity index is 1.53. The lowest BCUT2D eigenvalue weighted by atomic mass is 10.2. The maximum atomic E-state index is 13.0. The maximum absolute atomic E-state index is 13.0. The van der Waals surface area contributed by atoms with Gasteiger partial charge in [-0.1, -0.05) is 24.3 Å². The first-order chi connectivity index (χ1) is 18.7. The van der Waals surface area contributed by atoms with Gasteiger partial charge in [0.1, 0.15) is 24.7 Å². The summed E-state index contributed by atoms with van der Waals surface area (Å²) in [5.41, 5.74) is 5.60. The molecule has 3 aromatic carbocycles. The van der Waals surface area contributed by atoms with Gasteiger partial charge in [0.25, 0.3) is 17.5 Å². The molecule has 0 aliphatic carbocycles. The minimum absolute atomic E-state index is 0.175. The fourth-order valence-electron chi connectivity index (χ4n) is 3.58. The van der Waals surface area contributed by atoms with Gasteiger partial charge in [-0.05, 0) is 41.5 Å².